The van der Waals surface area contributed by atoms with Gasteiger partial charge in [0, 0.05) is 0 Å². The van der Waals surface area contributed by atoms with Crippen molar-refractivity contribution in [2.24, 2.45) is 5.73 Å². The Labute approximate surface area is 56.3 Å². The van der Waals surface area contributed by atoms with Gasteiger partial charge in [0.15, 0.2) is 0 Å². The summed E-state index contributed by atoms with van der Waals surface area (Å²) in [5, 5.41) is 14.9. The summed E-state index contributed by atoms with van der Waals surface area (Å²) in [6, 6.07) is 0. The highest BCUT2D eigenvalue weighted by Gasteiger charge is 1.32. The first-order chi connectivity index (χ1) is 4.22. The Hall–Kier alpha value is -0.770. The second-order valence-corrected chi connectivity index (χ2v) is 1.16. The fourth-order valence-corrected chi connectivity index (χ4v) is 0.100. The SMILES string of the molecule is CCN.C[N-]C(=[N-])[N-]C. The zero-order valence-electron chi connectivity index (χ0n) is 6.13. The summed E-state index contributed by atoms with van der Waals surface area (Å²) >= 11 is 0. The fraction of sp³-hybridized carbons (Fsp3) is 0.800. The molecule has 0 unspecified atom stereocenters. The van der Waals surface area contributed by atoms with E-state index in [0.717, 1.165) is 6.54 Å². The van der Waals surface area contributed by atoms with E-state index in [9.17, 15) is 0 Å². The van der Waals surface area contributed by atoms with E-state index in [1.54, 1.807) is 0 Å². The molecule has 56 valence electrons. The summed E-state index contributed by atoms with van der Waals surface area (Å²) in [6.45, 7) is 2.65. The van der Waals surface area contributed by atoms with Crippen LogP contribution in [0.25, 0.3) is 16.0 Å². The molecule has 0 rings (SSSR count). The van der Waals surface area contributed by atoms with Gasteiger partial charge in [-0.2, -0.15) is 0 Å². The summed E-state index contributed by atoms with van der Waals surface area (Å²) in [4.78, 5) is 0. The maximum Gasteiger partial charge on any atom is -0.0106 e. The van der Waals surface area contributed by atoms with Crippen molar-refractivity contribution < 1.29 is 0 Å². The van der Waals surface area contributed by atoms with Gasteiger partial charge in [-0.25, -0.2) is 0 Å². The van der Waals surface area contributed by atoms with Crippen LogP contribution < -0.4 is 5.73 Å². The molecule has 0 aliphatic heterocycles. The van der Waals surface area contributed by atoms with E-state index in [0.29, 0.717) is 0 Å². The van der Waals surface area contributed by atoms with Crippen molar-refractivity contribution in [3.63, 3.8) is 0 Å². The summed E-state index contributed by atoms with van der Waals surface area (Å²) in [6.07, 6.45) is 0. The topological polar surface area (TPSA) is 76.5 Å². The van der Waals surface area contributed by atoms with Gasteiger partial charge in [-0.1, -0.05) is 6.92 Å². The molecule has 0 spiro atoms. The highest BCUT2D eigenvalue weighted by Crippen LogP contribution is 1.87. The average Bonchev–Trinajstić information content (AvgIpc) is 1.88. The van der Waals surface area contributed by atoms with Gasteiger partial charge in [0.05, 0.1) is 0 Å². The zero-order valence-corrected chi connectivity index (χ0v) is 6.13. The average molecular weight is 129 g/mol. The molecule has 0 amide bonds. The van der Waals surface area contributed by atoms with Crippen molar-refractivity contribution >= 4 is 5.96 Å². The first-order valence-electron chi connectivity index (χ1n) is 2.68. The molecule has 0 aliphatic carbocycles. The van der Waals surface area contributed by atoms with Gasteiger partial charge in [0.1, 0.15) is 0 Å². The van der Waals surface area contributed by atoms with Crippen molar-refractivity contribution in [3.05, 3.63) is 16.0 Å². The van der Waals surface area contributed by atoms with Crippen LogP contribution in [-0.2, 0) is 0 Å². The quantitative estimate of drug-likeness (QED) is 0.382. The van der Waals surface area contributed by atoms with E-state index < -0.39 is 0 Å². The number of hydrogen-bond donors (Lipinski definition) is 1. The molecular weight excluding hydrogens is 116 g/mol. The van der Waals surface area contributed by atoms with Gasteiger partial charge in [0.25, 0.3) is 0 Å². The first kappa shape index (κ1) is 11.1. The third-order valence-corrected chi connectivity index (χ3v) is 0.400. The Balaban J connectivity index is 0. The molecule has 0 saturated heterocycles. The number of rotatable bonds is 0. The molecule has 4 nitrogen and oxygen atoms in total. The number of nitrogens with two attached hydrogens (primary N) is 1. The van der Waals surface area contributed by atoms with Crippen molar-refractivity contribution in [1.82, 2.24) is 0 Å². The predicted molar refractivity (Wildman–Crippen MR) is 41.7 cm³/mol. The Bertz CT molecular complexity index is 56.0. The molecule has 9 heavy (non-hydrogen) atoms. The molecule has 0 bridgehead atoms. The fourth-order valence-electron chi connectivity index (χ4n) is 0.100. The molecule has 2 N–H and O–H groups in total. The molecule has 0 heterocycles. The lowest BCUT2D eigenvalue weighted by Gasteiger charge is -2.39. The van der Waals surface area contributed by atoms with Crippen LogP contribution in [0.1, 0.15) is 6.92 Å². The molecule has 0 radical (unpaired) electrons. The van der Waals surface area contributed by atoms with Gasteiger partial charge in [0.2, 0.25) is 0 Å². The van der Waals surface area contributed by atoms with Crippen molar-refractivity contribution in [2.75, 3.05) is 20.6 Å². The van der Waals surface area contributed by atoms with Gasteiger partial charge in [-0.3, -0.25) is 0 Å². The largest absolute Gasteiger partial charge is 0.845 e. The minimum Gasteiger partial charge on any atom is -0.845 e. The third kappa shape index (κ3) is 19.0. The van der Waals surface area contributed by atoms with Crippen LogP contribution in [0, 0.1) is 0 Å². The maximum atomic E-state index is 8.25. The molecule has 0 atom stereocenters. The van der Waals surface area contributed by atoms with Crippen LogP contribution >= 0.6 is 0 Å². The Morgan fingerprint density at radius 1 is 1.44 bits per heavy atom. The van der Waals surface area contributed by atoms with Gasteiger partial charge < -0.3 is 27.7 Å². The van der Waals surface area contributed by atoms with Gasteiger partial charge in [-0.05, 0) is 6.54 Å². The van der Waals surface area contributed by atoms with E-state index in [2.05, 4.69) is 10.6 Å². The first-order valence-corrected chi connectivity index (χ1v) is 2.68. The van der Waals surface area contributed by atoms with Crippen LogP contribution in [0.2, 0.25) is 0 Å². The Morgan fingerprint density at radius 3 is 1.67 bits per heavy atom. The smallest absolute Gasteiger partial charge is 0.0106 e. The Morgan fingerprint density at radius 2 is 1.67 bits per heavy atom. The maximum absolute atomic E-state index is 8.25. The van der Waals surface area contributed by atoms with Crippen LogP contribution in [-0.4, -0.2) is 26.6 Å². The highest BCUT2D eigenvalue weighted by molar-refractivity contribution is 6.04. The molecule has 0 saturated carbocycles. The van der Waals surface area contributed by atoms with Crippen LogP contribution in [0.4, 0.5) is 0 Å². The summed E-state index contributed by atoms with van der Waals surface area (Å²) in [7, 11) is 2.95. The molecule has 0 aromatic carbocycles. The monoisotopic (exact) mass is 129 g/mol. The molecule has 0 aromatic heterocycles. The number of nitrogens with zero attached hydrogens (tertiary/aromatic N) is 3. The van der Waals surface area contributed by atoms with Gasteiger partial charge >= 0.3 is 0 Å². The van der Waals surface area contributed by atoms with Crippen LogP contribution in [0.3, 0.4) is 0 Å². The minimum absolute atomic E-state index is 0.157. The van der Waals surface area contributed by atoms with Crippen molar-refractivity contribution in [2.45, 2.75) is 6.92 Å². The van der Waals surface area contributed by atoms with E-state index in [4.69, 9.17) is 11.1 Å². The van der Waals surface area contributed by atoms with E-state index >= 15 is 0 Å². The lowest BCUT2D eigenvalue weighted by Crippen LogP contribution is -1.87. The normalized spacial score (nSPS) is 6.67. The van der Waals surface area contributed by atoms with E-state index in [1.165, 1.54) is 14.1 Å². The second-order valence-electron chi connectivity index (χ2n) is 1.16. The molecule has 0 aromatic rings. The summed E-state index contributed by atoms with van der Waals surface area (Å²) in [5.74, 6) is -0.157. The van der Waals surface area contributed by atoms with Crippen molar-refractivity contribution in [1.29, 1.82) is 0 Å². The van der Waals surface area contributed by atoms with Crippen molar-refractivity contribution in [3.8, 4) is 0 Å². The summed E-state index contributed by atoms with van der Waals surface area (Å²) < 4.78 is 0. The standard InChI is InChI=1S/C3H6N3.C2H7N/c1-5-3(4)6-2;1-2-3/h1-2H3;2-3H2,1H3/q-3;. The van der Waals surface area contributed by atoms with Gasteiger partial charge in [-0.15, -0.1) is 14.1 Å². The molecule has 0 fully saturated rings. The molecule has 0 aliphatic rings. The number of hydrogen-bond acceptors (Lipinski definition) is 1. The van der Waals surface area contributed by atoms with Crippen LogP contribution in [0.5, 0.6) is 0 Å². The molecule has 4 heteroatoms. The highest BCUT2D eigenvalue weighted by atomic mass is 15.1. The second kappa shape index (κ2) is 10.3. The van der Waals surface area contributed by atoms with E-state index in [1.807, 2.05) is 6.92 Å². The Kier molecular flexibility index (Phi) is 12.6. The third-order valence-electron chi connectivity index (χ3n) is 0.400. The summed E-state index contributed by atoms with van der Waals surface area (Å²) in [5.41, 5.74) is 4.85. The predicted octanol–water partition coefficient (Wildman–Crippen LogP) is 0.884. The number of guanidine groups is 1. The lowest BCUT2D eigenvalue weighted by atomic mass is 10.8. The molecular formula is C5H13N4-3. The zero-order chi connectivity index (χ0) is 7.70. The van der Waals surface area contributed by atoms with Crippen LogP contribution in [0.15, 0.2) is 0 Å². The van der Waals surface area contributed by atoms with E-state index in [-0.39, 0.29) is 5.96 Å². The minimum atomic E-state index is -0.157. The lowest BCUT2D eigenvalue weighted by molar-refractivity contribution is 1.14.